The fourth-order valence-corrected chi connectivity index (χ4v) is 2.82. The molecule has 0 radical (unpaired) electrons. The first-order chi connectivity index (χ1) is 12.1. The van der Waals surface area contributed by atoms with Crippen LogP contribution in [0.3, 0.4) is 0 Å². The van der Waals surface area contributed by atoms with Crippen LogP contribution in [-0.4, -0.2) is 15.8 Å². The van der Waals surface area contributed by atoms with E-state index in [2.05, 4.69) is 10.5 Å². The first kappa shape index (κ1) is 19.2. The second kappa shape index (κ2) is 10.0. The predicted octanol–water partition coefficient (Wildman–Crippen LogP) is 5.51. The molecule has 2 rings (SSSR count). The Labute approximate surface area is 153 Å². The van der Waals surface area contributed by atoms with E-state index in [4.69, 9.17) is 12.2 Å². The third-order valence-corrected chi connectivity index (χ3v) is 4.32. The predicted molar refractivity (Wildman–Crippen MR) is 102 cm³/mol. The number of halogens is 3. The van der Waals surface area contributed by atoms with Crippen molar-refractivity contribution in [3.8, 4) is 0 Å². The van der Waals surface area contributed by atoms with Crippen molar-refractivity contribution in [3.05, 3.63) is 83.7 Å². The zero-order chi connectivity index (χ0) is 18.1. The Balaban J connectivity index is 2.06. The Hall–Kier alpha value is -2.12. The fourth-order valence-electron chi connectivity index (χ4n) is 1.95. The maximum atomic E-state index is 12.8. The lowest BCUT2D eigenvalue weighted by Gasteiger charge is -2.09. The number of rotatable bonds is 6. The molecule has 7 heteroatoms. The quantitative estimate of drug-likeness (QED) is 0.406. The van der Waals surface area contributed by atoms with Gasteiger partial charge in [0.25, 0.3) is 0 Å². The van der Waals surface area contributed by atoms with E-state index in [0.717, 1.165) is 22.9 Å². The van der Waals surface area contributed by atoms with Crippen LogP contribution in [0.5, 0.6) is 0 Å². The molecule has 130 valence electrons. The molecule has 0 saturated carbocycles. The van der Waals surface area contributed by atoms with Crippen LogP contribution in [-0.2, 0) is 0 Å². The molecule has 0 aliphatic rings. The second-order valence-corrected chi connectivity index (χ2v) is 6.63. The highest BCUT2D eigenvalue weighted by Crippen LogP contribution is 2.17. The summed E-state index contributed by atoms with van der Waals surface area (Å²) in [5, 5.41) is 4.35. The number of nitrogens with zero attached hydrogens (tertiary/aromatic N) is 1. The highest BCUT2D eigenvalue weighted by atomic mass is 32.2. The van der Waals surface area contributed by atoms with Gasteiger partial charge in [0.05, 0.1) is 5.71 Å². The second-order valence-electron chi connectivity index (χ2n) is 4.86. The van der Waals surface area contributed by atoms with Crippen molar-refractivity contribution in [2.45, 2.75) is 6.42 Å². The summed E-state index contributed by atoms with van der Waals surface area (Å²) in [5.41, 5.74) is 5.25. The van der Waals surface area contributed by atoms with Gasteiger partial charge in [0.15, 0.2) is 10.1 Å². The Morgan fingerprint density at radius 3 is 1.92 bits per heavy atom. The molecule has 0 amide bonds. The van der Waals surface area contributed by atoms with Crippen LogP contribution >= 0.6 is 24.0 Å². The molecular formula is C18H15F3N2S2. The number of hydrogen-bond donors (Lipinski definition) is 1. The Bertz CT molecular complexity index is 717. The van der Waals surface area contributed by atoms with Crippen molar-refractivity contribution in [1.29, 1.82) is 0 Å². The van der Waals surface area contributed by atoms with Crippen molar-refractivity contribution in [2.24, 2.45) is 5.10 Å². The van der Waals surface area contributed by atoms with Gasteiger partial charge in [-0.05, 0) is 0 Å². The van der Waals surface area contributed by atoms with Crippen LogP contribution in [0.4, 0.5) is 13.2 Å². The highest BCUT2D eigenvalue weighted by molar-refractivity contribution is 8.22. The molecule has 0 bridgehead atoms. The van der Waals surface area contributed by atoms with Gasteiger partial charge >= 0.3 is 6.08 Å². The SMILES string of the molecule is FC(F)=C(F)CCSC(=S)NN=C(c1ccccc1)c1ccccc1. The standard InChI is InChI=1S/C18H15F3N2S2/c19-15(17(20)21)11-12-25-18(24)23-22-16(13-7-3-1-4-8-13)14-9-5-2-6-10-14/h1-10H,11-12H2,(H,23,24). The third kappa shape index (κ3) is 6.36. The summed E-state index contributed by atoms with van der Waals surface area (Å²) in [6.45, 7) is 0. The first-order valence-electron chi connectivity index (χ1n) is 7.39. The highest BCUT2D eigenvalue weighted by Gasteiger charge is 2.08. The average Bonchev–Trinajstić information content (AvgIpc) is 2.63. The molecule has 25 heavy (non-hydrogen) atoms. The van der Waals surface area contributed by atoms with Gasteiger partial charge in [0, 0.05) is 23.3 Å². The van der Waals surface area contributed by atoms with Gasteiger partial charge in [-0.3, -0.25) is 5.43 Å². The van der Waals surface area contributed by atoms with Gasteiger partial charge in [-0.2, -0.15) is 13.9 Å². The zero-order valence-corrected chi connectivity index (χ0v) is 14.7. The smallest absolute Gasteiger partial charge is 0.262 e. The summed E-state index contributed by atoms with van der Waals surface area (Å²) in [5.74, 6) is -1.30. The van der Waals surface area contributed by atoms with E-state index in [-0.39, 0.29) is 16.5 Å². The molecule has 2 aromatic carbocycles. The molecule has 2 nitrogen and oxygen atoms in total. The topological polar surface area (TPSA) is 24.4 Å². The van der Waals surface area contributed by atoms with Gasteiger partial charge in [-0.15, -0.1) is 0 Å². The minimum atomic E-state index is -2.28. The Morgan fingerprint density at radius 2 is 1.44 bits per heavy atom. The lowest BCUT2D eigenvalue weighted by molar-refractivity contribution is 0.373. The number of hydrazone groups is 1. The minimum Gasteiger partial charge on any atom is -0.262 e. The summed E-state index contributed by atoms with van der Waals surface area (Å²) in [6.07, 6.45) is -2.66. The average molecular weight is 380 g/mol. The minimum absolute atomic E-state index is 0.108. The molecule has 0 atom stereocenters. The number of hydrogen-bond acceptors (Lipinski definition) is 3. The van der Waals surface area contributed by atoms with Gasteiger partial charge in [0.2, 0.25) is 0 Å². The van der Waals surface area contributed by atoms with Gasteiger partial charge in [-0.25, -0.2) is 4.39 Å². The lowest BCUT2D eigenvalue weighted by Crippen LogP contribution is -2.16. The maximum Gasteiger partial charge on any atom is 0.301 e. The molecule has 0 spiro atoms. The van der Waals surface area contributed by atoms with Crippen LogP contribution in [0, 0.1) is 0 Å². The summed E-state index contributed by atoms with van der Waals surface area (Å²) in [7, 11) is 0. The van der Waals surface area contributed by atoms with E-state index in [0.29, 0.717) is 5.71 Å². The van der Waals surface area contributed by atoms with Crippen molar-refractivity contribution in [1.82, 2.24) is 5.43 Å². The molecule has 0 aliphatic heterocycles. The summed E-state index contributed by atoms with van der Waals surface area (Å²) in [4.78, 5) is 0. The lowest BCUT2D eigenvalue weighted by atomic mass is 10.0. The number of nitrogens with one attached hydrogen (secondary N) is 1. The molecule has 0 fully saturated rings. The monoisotopic (exact) mass is 380 g/mol. The molecular weight excluding hydrogens is 365 g/mol. The molecule has 0 unspecified atom stereocenters. The third-order valence-electron chi connectivity index (χ3n) is 3.11. The molecule has 0 heterocycles. The van der Waals surface area contributed by atoms with E-state index in [1.165, 1.54) is 0 Å². The summed E-state index contributed by atoms with van der Waals surface area (Å²) in [6, 6.07) is 19.1. The van der Waals surface area contributed by atoms with Crippen molar-refractivity contribution < 1.29 is 13.2 Å². The van der Waals surface area contributed by atoms with Crippen LogP contribution in [0.25, 0.3) is 0 Å². The van der Waals surface area contributed by atoms with Crippen molar-refractivity contribution in [2.75, 3.05) is 5.75 Å². The molecule has 0 aromatic heterocycles. The van der Waals surface area contributed by atoms with Crippen molar-refractivity contribution in [3.63, 3.8) is 0 Å². The normalized spacial score (nSPS) is 10.0. The van der Waals surface area contributed by atoms with E-state index < -0.39 is 11.9 Å². The Morgan fingerprint density at radius 1 is 0.920 bits per heavy atom. The molecule has 2 aromatic rings. The maximum absolute atomic E-state index is 12.8. The Kier molecular flexibility index (Phi) is 7.69. The largest absolute Gasteiger partial charge is 0.301 e. The summed E-state index contributed by atoms with van der Waals surface area (Å²) >= 11 is 6.17. The molecule has 1 N–H and O–H groups in total. The van der Waals surface area contributed by atoms with Crippen LogP contribution in [0.15, 0.2) is 77.7 Å². The van der Waals surface area contributed by atoms with Crippen LogP contribution < -0.4 is 5.43 Å². The van der Waals surface area contributed by atoms with Crippen molar-refractivity contribution >= 4 is 34.0 Å². The van der Waals surface area contributed by atoms with Gasteiger partial charge in [0.1, 0.15) is 0 Å². The van der Waals surface area contributed by atoms with Gasteiger partial charge in [-0.1, -0.05) is 84.6 Å². The fraction of sp³-hybridized carbons (Fsp3) is 0.111. The number of thioether (sulfide) groups is 1. The van der Waals surface area contributed by atoms with E-state index in [1.807, 2.05) is 60.7 Å². The zero-order valence-electron chi connectivity index (χ0n) is 13.1. The van der Waals surface area contributed by atoms with Crippen LogP contribution in [0.1, 0.15) is 17.5 Å². The summed E-state index contributed by atoms with van der Waals surface area (Å²) < 4.78 is 37.1. The van der Waals surface area contributed by atoms with E-state index in [1.54, 1.807) is 0 Å². The molecule has 0 aliphatic carbocycles. The van der Waals surface area contributed by atoms with Crippen LogP contribution in [0.2, 0.25) is 0 Å². The number of thiocarbonyl (C=S) groups is 1. The van der Waals surface area contributed by atoms with E-state index in [9.17, 15) is 13.2 Å². The van der Waals surface area contributed by atoms with E-state index >= 15 is 0 Å². The molecule has 0 saturated heterocycles. The number of allylic oxidation sites excluding steroid dienone is 1. The van der Waals surface area contributed by atoms with Gasteiger partial charge < -0.3 is 0 Å². The number of benzene rings is 2. The first-order valence-corrected chi connectivity index (χ1v) is 8.78.